The second-order valence-corrected chi connectivity index (χ2v) is 15.0. The minimum absolute atomic E-state index is 0.0813. The van der Waals surface area contributed by atoms with Crippen molar-refractivity contribution in [3.63, 3.8) is 0 Å². The Morgan fingerprint density at radius 2 is 1.08 bits per heavy atom. The molecule has 7 rings (SSSR count). The van der Waals surface area contributed by atoms with Gasteiger partial charge in [-0.15, -0.1) is 0 Å². The highest BCUT2D eigenvalue weighted by molar-refractivity contribution is 6.24. The molecule has 22 nitrogen and oxygen atoms in total. The number of phenols is 1. The number of imide groups is 2. The van der Waals surface area contributed by atoms with Crippen LogP contribution in [-0.4, -0.2) is 83.7 Å². The van der Waals surface area contributed by atoms with Gasteiger partial charge in [-0.05, 0) is 24.8 Å². The van der Waals surface area contributed by atoms with E-state index in [2.05, 4.69) is 0 Å². The van der Waals surface area contributed by atoms with Crippen LogP contribution in [0.2, 0.25) is 0 Å². The SMILES string of the molecule is COc1cc(O)ccc1[C@H]1C2=CC[C@@H]3C(=O)N(c4cc([N+](=O)[O-])c(N(C)C)c([N+](=O)[O-])c4)C(=O)[C@@H]3[C@@H]2C[C@H]2C(=O)N(c3cc([N+](=O)[O-])c(N(C)C)c([N+](=O)[O-])c3)C(=O)[C@@H]12. The summed E-state index contributed by atoms with van der Waals surface area (Å²) in [6.45, 7) is 0. The number of phenolic OH excluding ortho intramolecular Hbond substituents is 1. The summed E-state index contributed by atoms with van der Waals surface area (Å²) in [5, 5.41) is 59.1. The number of hydrogen-bond acceptors (Lipinski definition) is 16. The molecule has 4 amide bonds. The molecule has 306 valence electrons. The Bertz CT molecular complexity index is 2410. The van der Waals surface area contributed by atoms with Crippen LogP contribution in [0.1, 0.15) is 24.3 Å². The van der Waals surface area contributed by atoms with Gasteiger partial charge < -0.3 is 19.6 Å². The first-order valence-corrected chi connectivity index (χ1v) is 17.9. The number of benzene rings is 3. The quantitative estimate of drug-likeness (QED) is 0.130. The van der Waals surface area contributed by atoms with Crippen LogP contribution in [0, 0.1) is 70.0 Å². The van der Waals surface area contributed by atoms with Crippen LogP contribution in [0.5, 0.6) is 11.5 Å². The van der Waals surface area contributed by atoms with Crippen LogP contribution >= 0.6 is 0 Å². The number of anilines is 4. The van der Waals surface area contributed by atoms with Gasteiger partial charge in [-0.1, -0.05) is 17.7 Å². The average Bonchev–Trinajstić information content (AvgIpc) is 3.58. The number of ether oxygens (including phenoxy) is 1. The number of carbonyl (C=O) groups is 4. The van der Waals surface area contributed by atoms with E-state index in [-0.39, 0.29) is 35.7 Å². The molecular formula is C37H34N8O14. The summed E-state index contributed by atoms with van der Waals surface area (Å²) >= 11 is 0. The number of rotatable bonds is 10. The first-order valence-electron chi connectivity index (χ1n) is 17.9. The van der Waals surface area contributed by atoms with Gasteiger partial charge in [-0.3, -0.25) is 59.6 Å². The highest BCUT2D eigenvalue weighted by Crippen LogP contribution is 2.60. The molecule has 0 spiro atoms. The van der Waals surface area contributed by atoms with Gasteiger partial charge >= 0.3 is 22.7 Å². The topological polar surface area (TPSA) is 283 Å². The maximum absolute atomic E-state index is 14.7. The van der Waals surface area contributed by atoms with E-state index < -0.39 is 113 Å². The molecule has 0 radical (unpaired) electrons. The van der Waals surface area contributed by atoms with E-state index >= 15 is 0 Å². The predicted octanol–water partition coefficient (Wildman–Crippen LogP) is 4.21. The zero-order valence-corrected chi connectivity index (χ0v) is 31.8. The molecule has 6 atom stereocenters. The lowest BCUT2D eigenvalue weighted by atomic mass is 9.57. The van der Waals surface area contributed by atoms with Crippen molar-refractivity contribution in [2.75, 3.05) is 54.9 Å². The molecule has 4 aliphatic rings. The van der Waals surface area contributed by atoms with Crippen molar-refractivity contribution in [2.24, 2.45) is 29.6 Å². The lowest BCUT2D eigenvalue weighted by molar-refractivity contribution is -0.392. The molecule has 3 aromatic rings. The zero-order chi connectivity index (χ0) is 43.1. The number of nitrogens with zero attached hydrogens (tertiary/aromatic N) is 8. The molecule has 2 aliphatic heterocycles. The second-order valence-electron chi connectivity index (χ2n) is 15.0. The number of allylic oxidation sites excluding steroid dienone is 2. The first kappa shape index (κ1) is 39.7. The van der Waals surface area contributed by atoms with Gasteiger partial charge in [0.05, 0.1) is 61.8 Å². The molecule has 1 saturated carbocycles. The molecule has 2 aliphatic carbocycles. The lowest BCUT2D eigenvalue weighted by Gasteiger charge is -2.44. The molecule has 22 heteroatoms. The Balaban J connectivity index is 1.38. The highest BCUT2D eigenvalue weighted by Gasteiger charge is 2.63. The van der Waals surface area contributed by atoms with Crippen molar-refractivity contribution in [3.8, 4) is 11.5 Å². The minimum Gasteiger partial charge on any atom is -0.508 e. The van der Waals surface area contributed by atoms with Crippen molar-refractivity contribution >= 4 is 69.1 Å². The maximum atomic E-state index is 14.7. The number of methoxy groups -OCH3 is 1. The van der Waals surface area contributed by atoms with E-state index in [1.54, 1.807) is 6.08 Å². The van der Waals surface area contributed by atoms with E-state index in [1.165, 1.54) is 53.5 Å². The summed E-state index contributed by atoms with van der Waals surface area (Å²) in [5.74, 6) is -10.4. The van der Waals surface area contributed by atoms with Crippen molar-refractivity contribution in [2.45, 2.75) is 18.8 Å². The standard InChI is InChI=1S/C37H34N8O14/c1-38(2)32-24(42(51)52)10-16(11-25(32)43(53)54)40-34(47)21-9-8-19-22(30(21)36(40)49)15-23-31(29(19)20-7-6-18(46)14-28(20)59-5)37(50)41(35(23)48)17-12-26(44(55)56)33(39(3)4)27(13-17)45(57)58/h6-8,10-14,21-23,29-31,46H,9,15H2,1-5H3/t21-,22+,23+,29+,30-,31+/m0/s1. The van der Waals surface area contributed by atoms with Crippen molar-refractivity contribution in [1.82, 2.24) is 0 Å². The Kier molecular flexibility index (Phi) is 9.52. The van der Waals surface area contributed by atoms with Gasteiger partial charge in [0.25, 0.3) is 0 Å². The summed E-state index contributed by atoms with van der Waals surface area (Å²) in [5.41, 5.74) is -3.81. The van der Waals surface area contributed by atoms with Gasteiger partial charge in [-0.25, -0.2) is 9.80 Å². The third-order valence-electron chi connectivity index (χ3n) is 11.5. The van der Waals surface area contributed by atoms with Gasteiger partial charge in [-0.2, -0.15) is 0 Å². The number of nitro groups is 4. The van der Waals surface area contributed by atoms with Crippen LogP contribution in [0.3, 0.4) is 0 Å². The van der Waals surface area contributed by atoms with Gasteiger partial charge in [0, 0.05) is 70.0 Å². The molecule has 3 fully saturated rings. The summed E-state index contributed by atoms with van der Waals surface area (Å²) in [6, 6.07) is 7.65. The maximum Gasteiger partial charge on any atom is 0.301 e. The second kappa shape index (κ2) is 14.1. The number of hydrogen-bond donors (Lipinski definition) is 1. The molecule has 0 bridgehead atoms. The Morgan fingerprint density at radius 3 is 1.51 bits per heavy atom. The van der Waals surface area contributed by atoms with E-state index in [9.17, 15) is 64.7 Å². The van der Waals surface area contributed by atoms with Crippen LogP contribution in [0.15, 0.2) is 54.1 Å². The molecule has 2 saturated heterocycles. The van der Waals surface area contributed by atoms with Crippen LogP contribution < -0.4 is 24.3 Å². The molecule has 59 heavy (non-hydrogen) atoms. The van der Waals surface area contributed by atoms with Gasteiger partial charge in [0.1, 0.15) is 11.5 Å². The largest absolute Gasteiger partial charge is 0.508 e. The van der Waals surface area contributed by atoms with Crippen molar-refractivity contribution < 1.29 is 48.7 Å². The monoisotopic (exact) mass is 814 g/mol. The Labute approximate surface area is 332 Å². The average molecular weight is 815 g/mol. The summed E-state index contributed by atoms with van der Waals surface area (Å²) in [4.78, 5) is 107. The molecule has 0 aromatic heterocycles. The Morgan fingerprint density at radius 1 is 0.644 bits per heavy atom. The fraction of sp³-hybridized carbons (Fsp3) is 0.351. The fourth-order valence-electron chi connectivity index (χ4n) is 9.31. The van der Waals surface area contributed by atoms with Gasteiger partial charge in [0.2, 0.25) is 23.6 Å². The zero-order valence-electron chi connectivity index (χ0n) is 31.8. The number of aromatic hydroxyl groups is 1. The van der Waals surface area contributed by atoms with Gasteiger partial charge in [0.15, 0.2) is 11.4 Å². The van der Waals surface area contributed by atoms with Crippen LogP contribution in [-0.2, 0) is 19.2 Å². The number of fused-ring (bicyclic) bond motifs is 4. The molecule has 3 aromatic carbocycles. The Hall–Kier alpha value is -7.52. The third kappa shape index (κ3) is 6.01. The van der Waals surface area contributed by atoms with Crippen LogP contribution in [0.25, 0.3) is 0 Å². The molecule has 2 heterocycles. The number of nitro benzene ring substituents is 4. The first-order chi connectivity index (χ1) is 27.8. The van der Waals surface area contributed by atoms with Crippen molar-refractivity contribution in [1.29, 1.82) is 0 Å². The normalized spacial score (nSPS) is 23.3. The minimum atomic E-state index is -1.27. The summed E-state index contributed by atoms with van der Waals surface area (Å²) < 4.78 is 5.59. The van der Waals surface area contributed by atoms with E-state index in [4.69, 9.17) is 4.74 Å². The smallest absolute Gasteiger partial charge is 0.301 e. The molecular weight excluding hydrogens is 780 g/mol. The van der Waals surface area contributed by atoms with Crippen molar-refractivity contribution in [3.05, 3.63) is 100 Å². The van der Waals surface area contributed by atoms with E-state index in [0.29, 0.717) is 20.9 Å². The highest BCUT2D eigenvalue weighted by atomic mass is 16.6. The van der Waals surface area contributed by atoms with E-state index in [0.717, 1.165) is 34.1 Å². The number of amides is 4. The third-order valence-corrected chi connectivity index (χ3v) is 11.5. The lowest BCUT2D eigenvalue weighted by Crippen LogP contribution is -2.43. The number of carbonyl (C=O) groups excluding carboxylic acids is 4. The summed E-state index contributed by atoms with van der Waals surface area (Å²) in [6.07, 6.45) is 1.36. The van der Waals surface area contributed by atoms with Crippen LogP contribution in [0.4, 0.5) is 45.5 Å². The predicted molar refractivity (Wildman–Crippen MR) is 205 cm³/mol. The molecule has 1 N–H and O–H groups in total. The fourth-order valence-corrected chi connectivity index (χ4v) is 9.31. The summed E-state index contributed by atoms with van der Waals surface area (Å²) in [7, 11) is 6.72. The van der Waals surface area contributed by atoms with E-state index in [1.807, 2.05) is 0 Å². The molecule has 0 unspecified atom stereocenters.